The van der Waals surface area contributed by atoms with Crippen LogP contribution >= 0.6 is 11.6 Å². The van der Waals surface area contributed by atoms with Gasteiger partial charge in [0, 0.05) is 0 Å². The smallest absolute Gasteiger partial charge is 0.343 e. The summed E-state index contributed by atoms with van der Waals surface area (Å²) in [5.41, 5.74) is 3.59. The minimum absolute atomic E-state index is 0.0707. The number of nitrogens with zero attached hydrogens (tertiary/aromatic N) is 2. The molecule has 0 radical (unpaired) electrons. The molecule has 0 unspecified atom stereocenters. The fourth-order valence-electron chi connectivity index (χ4n) is 3.24. The van der Waals surface area contributed by atoms with Crippen LogP contribution in [0.15, 0.2) is 42.5 Å². The molecule has 5 nitrogen and oxygen atoms in total. The Kier molecular flexibility index (Phi) is 6.77. The van der Waals surface area contributed by atoms with Crippen LogP contribution in [0.2, 0.25) is 5.15 Å². The Morgan fingerprint density at radius 1 is 1.13 bits per heavy atom. The highest BCUT2D eigenvalue weighted by Crippen LogP contribution is 2.25. The van der Waals surface area contributed by atoms with E-state index in [9.17, 15) is 9.18 Å². The topological polar surface area (TPSA) is 53.4 Å². The maximum atomic E-state index is 13.1. The van der Waals surface area contributed by atoms with Crippen LogP contribution in [-0.4, -0.2) is 29.0 Å². The van der Waals surface area contributed by atoms with Gasteiger partial charge >= 0.3 is 5.97 Å². The summed E-state index contributed by atoms with van der Waals surface area (Å²) >= 11 is 6.34. The van der Waals surface area contributed by atoms with E-state index in [0.29, 0.717) is 17.3 Å². The summed E-state index contributed by atoms with van der Waals surface area (Å²) in [6.45, 7) is 8.29. The zero-order valence-corrected chi connectivity index (χ0v) is 18.2. The minimum atomic E-state index is -0.583. The monoisotopic (exact) mass is 430 g/mol. The quantitative estimate of drug-likeness (QED) is 0.359. The second-order valence-electron chi connectivity index (χ2n) is 7.30. The van der Waals surface area contributed by atoms with Gasteiger partial charge in [-0.05, 0) is 67.3 Å². The Bertz CT molecular complexity index is 1050. The Hall–Kier alpha value is -2.86. The van der Waals surface area contributed by atoms with Crippen LogP contribution in [-0.2, 0) is 4.74 Å². The number of ether oxygens (including phenoxy) is 2. The van der Waals surface area contributed by atoms with Crippen LogP contribution in [0.1, 0.15) is 46.9 Å². The van der Waals surface area contributed by atoms with Gasteiger partial charge in [0.05, 0.1) is 11.4 Å². The van der Waals surface area contributed by atoms with Crippen LogP contribution in [0.5, 0.6) is 5.75 Å². The van der Waals surface area contributed by atoms with Crippen LogP contribution in [0, 0.1) is 19.7 Å². The van der Waals surface area contributed by atoms with E-state index in [0.717, 1.165) is 11.3 Å². The van der Waals surface area contributed by atoms with Crippen LogP contribution in [0.25, 0.3) is 5.69 Å². The van der Waals surface area contributed by atoms with Crippen LogP contribution in [0.3, 0.4) is 0 Å². The third-order valence-electron chi connectivity index (χ3n) is 4.73. The molecule has 0 bridgehead atoms. The summed E-state index contributed by atoms with van der Waals surface area (Å²) in [5.74, 6) is 0.225. The summed E-state index contributed by atoms with van der Waals surface area (Å²) in [7, 11) is 0. The van der Waals surface area contributed by atoms with Crippen LogP contribution < -0.4 is 4.74 Å². The number of esters is 1. The molecular weight excluding hydrogens is 407 g/mol. The van der Waals surface area contributed by atoms with Crippen molar-refractivity contribution in [1.29, 1.82) is 0 Å². The molecular formula is C23H24ClFN2O3. The molecule has 1 heterocycles. The maximum absolute atomic E-state index is 13.1. The predicted molar refractivity (Wildman–Crippen MR) is 114 cm³/mol. The number of aryl methyl sites for hydroxylation is 2. The van der Waals surface area contributed by atoms with E-state index in [1.807, 2.05) is 25.1 Å². The maximum Gasteiger partial charge on any atom is 0.343 e. The van der Waals surface area contributed by atoms with E-state index in [1.54, 1.807) is 6.92 Å². The molecule has 7 heteroatoms. The lowest BCUT2D eigenvalue weighted by Crippen LogP contribution is -2.13. The molecule has 30 heavy (non-hydrogen) atoms. The summed E-state index contributed by atoms with van der Waals surface area (Å²) in [4.78, 5) is 12.5. The van der Waals surface area contributed by atoms with Crippen molar-refractivity contribution in [3.63, 3.8) is 0 Å². The van der Waals surface area contributed by atoms with E-state index in [4.69, 9.17) is 21.1 Å². The zero-order valence-electron chi connectivity index (χ0n) is 17.4. The number of rotatable bonds is 7. The second-order valence-corrected chi connectivity index (χ2v) is 7.65. The Balaban J connectivity index is 1.60. The van der Waals surface area contributed by atoms with E-state index in [2.05, 4.69) is 18.9 Å². The third kappa shape index (κ3) is 4.82. The van der Waals surface area contributed by atoms with E-state index in [1.165, 1.54) is 34.5 Å². The lowest BCUT2D eigenvalue weighted by Gasteiger charge is -2.12. The van der Waals surface area contributed by atoms with Crippen molar-refractivity contribution in [3.05, 3.63) is 75.8 Å². The molecule has 0 spiro atoms. The third-order valence-corrected chi connectivity index (χ3v) is 5.08. The molecule has 1 aromatic heterocycles. The molecule has 0 aliphatic heterocycles. The lowest BCUT2D eigenvalue weighted by atomic mass is 9.98. The van der Waals surface area contributed by atoms with Gasteiger partial charge in [0.15, 0.2) is 0 Å². The van der Waals surface area contributed by atoms with Gasteiger partial charge < -0.3 is 9.47 Å². The van der Waals surface area contributed by atoms with Gasteiger partial charge in [-0.2, -0.15) is 5.10 Å². The van der Waals surface area contributed by atoms with Gasteiger partial charge in [-0.3, -0.25) is 0 Å². The zero-order chi connectivity index (χ0) is 21.8. The average Bonchev–Trinajstić information content (AvgIpc) is 2.99. The van der Waals surface area contributed by atoms with Gasteiger partial charge in [-0.1, -0.05) is 31.5 Å². The molecule has 2 aromatic carbocycles. The standard InChI is InChI=1S/C23H24ClFN2O3/c1-14(2)20-10-9-19(13-15(20)3)29-11-12-30-23(28)21-16(4)26-27(22(21)24)18-7-5-17(25)6-8-18/h5-10,13-14H,11-12H2,1-4H3. The highest BCUT2D eigenvalue weighted by atomic mass is 35.5. The van der Waals surface area contributed by atoms with Gasteiger partial charge in [0.1, 0.15) is 35.5 Å². The highest BCUT2D eigenvalue weighted by molar-refractivity contribution is 6.33. The number of aromatic nitrogens is 2. The van der Waals surface area contributed by atoms with Gasteiger partial charge in [-0.25, -0.2) is 13.9 Å². The van der Waals surface area contributed by atoms with E-state index < -0.39 is 5.97 Å². The number of halogens is 2. The molecule has 0 saturated heterocycles. The number of carbonyl (C=O) groups is 1. The Morgan fingerprint density at radius 3 is 2.47 bits per heavy atom. The first-order chi connectivity index (χ1) is 14.3. The Labute approximate surface area is 180 Å². The van der Waals surface area contributed by atoms with Crippen molar-refractivity contribution in [2.45, 2.75) is 33.6 Å². The number of hydrogen-bond donors (Lipinski definition) is 0. The molecule has 3 rings (SSSR count). The molecule has 3 aromatic rings. The normalized spacial score (nSPS) is 11.0. The number of carbonyl (C=O) groups excluding carboxylic acids is 1. The molecule has 0 fully saturated rings. The molecule has 0 aliphatic carbocycles. The number of benzene rings is 2. The molecule has 0 atom stereocenters. The minimum Gasteiger partial charge on any atom is -0.490 e. The van der Waals surface area contributed by atoms with Gasteiger partial charge in [-0.15, -0.1) is 0 Å². The molecule has 0 saturated carbocycles. The van der Waals surface area contributed by atoms with E-state index in [-0.39, 0.29) is 29.7 Å². The van der Waals surface area contributed by atoms with Crippen molar-refractivity contribution in [2.24, 2.45) is 0 Å². The lowest BCUT2D eigenvalue weighted by molar-refractivity contribution is 0.0449. The Morgan fingerprint density at radius 2 is 1.83 bits per heavy atom. The summed E-state index contributed by atoms with van der Waals surface area (Å²) in [6.07, 6.45) is 0. The SMILES string of the molecule is Cc1cc(OCCOC(=O)c2c(C)nn(-c3ccc(F)cc3)c2Cl)ccc1C(C)C. The van der Waals surface area contributed by atoms with Crippen LogP contribution in [0.4, 0.5) is 4.39 Å². The fourth-order valence-corrected chi connectivity index (χ4v) is 3.59. The first-order valence-corrected chi connectivity index (χ1v) is 10.1. The summed E-state index contributed by atoms with van der Waals surface area (Å²) in [6, 6.07) is 11.6. The van der Waals surface area contributed by atoms with Crippen molar-refractivity contribution in [1.82, 2.24) is 9.78 Å². The predicted octanol–water partition coefficient (Wildman–Crippen LogP) is 5.64. The largest absolute Gasteiger partial charge is 0.490 e. The molecule has 0 aliphatic rings. The molecule has 158 valence electrons. The van der Waals surface area contributed by atoms with Gasteiger partial charge in [0.2, 0.25) is 0 Å². The average molecular weight is 431 g/mol. The van der Waals surface area contributed by atoms with E-state index >= 15 is 0 Å². The number of hydrogen-bond acceptors (Lipinski definition) is 4. The van der Waals surface area contributed by atoms with Crippen molar-refractivity contribution in [3.8, 4) is 11.4 Å². The first kappa shape index (κ1) is 21.8. The fraction of sp³-hybridized carbons (Fsp3) is 0.304. The molecule has 0 N–H and O–H groups in total. The van der Waals surface area contributed by atoms with Crippen molar-refractivity contribution < 1.29 is 18.7 Å². The second kappa shape index (κ2) is 9.30. The summed E-state index contributed by atoms with van der Waals surface area (Å²) < 4.78 is 25.5. The van der Waals surface area contributed by atoms with Crippen molar-refractivity contribution >= 4 is 17.6 Å². The summed E-state index contributed by atoms with van der Waals surface area (Å²) in [5, 5.41) is 4.38. The molecule has 0 amide bonds. The first-order valence-electron chi connectivity index (χ1n) is 9.69. The highest BCUT2D eigenvalue weighted by Gasteiger charge is 2.22. The van der Waals surface area contributed by atoms with Gasteiger partial charge in [0.25, 0.3) is 0 Å². The van der Waals surface area contributed by atoms with Crippen molar-refractivity contribution in [2.75, 3.05) is 13.2 Å².